The quantitative estimate of drug-likeness (QED) is 0.125. The van der Waals surface area contributed by atoms with Gasteiger partial charge in [0.15, 0.2) is 5.82 Å². The number of fused-ring (bicyclic) bond motifs is 6. The van der Waals surface area contributed by atoms with Gasteiger partial charge in [0.25, 0.3) is 0 Å². The molecule has 0 fully saturated rings. The first-order valence-corrected chi connectivity index (χ1v) is 20.7. The molecule has 0 atom stereocenters. The van der Waals surface area contributed by atoms with Gasteiger partial charge in [-0.25, -0.2) is 9.97 Å². The summed E-state index contributed by atoms with van der Waals surface area (Å²) in [5.74, 6) is 1.53. The zero-order valence-electron chi connectivity index (χ0n) is 33.1. The van der Waals surface area contributed by atoms with Crippen molar-refractivity contribution >= 4 is 54.1 Å². The number of aromatic nitrogens is 2. The van der Waals surface area contributed by atoms with Crippen molar-refractivity contribution in [3.63, 3.8) is 0 Å². The van der Waals surface area contributed by atoms with E-state index in [9.17, 15) is 0 Å². The normalized spacial score (nSPS) is 11.6. The van der Waals surface area contributed by atoms with Gasteiger partial charge in [-0.3, -0.25) is 0 Å². The molecule has 0 aliphatic rings. The molecule has 3 heteroatoms. The van der Waals surface area contributed by atoms with Crippen molar-refractivity contribution in [3.8, 4) is 67.5 Å². The van der Waals surface area contributed by atoms with Crippen molar-refractivity contribution in [2.24, 2.45) is 0 Å². The third kappa shape index (κ3) is 6.06. The summed E-state index contributed by atoms with van der Waals surface area (Å²) in [5, 5.41) is 11.0. The van der Waals surface area contributed by atoms with Crippen LogP contribution in [0.2, 0.25) is 0 Å². The average Bonchev–Trinajstić information content (AvgIpc) is 3.78. The van der Waals surface area contributed by atoms with Crippen molar-refractivity contribution in [1.82, 2.24) is 9.97 Å². The highest BCUT2D eigenvalue weighted by Gasteiger charge is 2.17. The van der Waals surface area contributed by atoms with Gasteiger partial charge in [0.05, 0.1) is 11.4 Å². The molecule has 12 rings (SSSR count). The number of hydrogen-bond donors (Lipinski definition) is 0. The van der Waals surface area contributed by atoms with Crippen LogP contribution < -0.4 is 0 Å². The summed E-state index contributed by atoms with van der Waals surface area (Å²) >= 11 is 0. The van der Waals surface area contributed by atoms with Crippen LogP contribution in [-0.4, -0.2) is 9.97 Å². The van der Waals surface area contributed by atoms with Gasteiger partial charge in [0, 0.05) is 27.6 Å². The lowest BCUT2D eigenvalue weighted by atomic mass is 9.88. The van der Waals surface area contributed by atoms with Gasteiger partial charge in [-0.1, -0.05) is 194 Å². The molecular weight excluding hydrogens is 741 g/mol. The summed E-state index contributed by atoms with van der Waals surface area (Å²) in [6.45, 7) is 0. The first kappa shape index (κ1) is 34.9. The Morgan fingerprint density at radius 3 is 1.67 bits per heavy atom. The Balaban J connectivity index is 0.953. The summed E-state index contributed by atoms with van der Waals surface area (Å²) in [6.07, 6.45) is 0. The minimum atomic E-state index is 0.687. The lowest BCUT2D eigenvalue weighted by molar-refractivity contribution is 0.631. The maximum Gasteiger partial charge on any atom is 0.160 e. The highest BCUT2D eigenvalue weighted by molar-refractivity contribution is 6.20. The van der Waals surface area contributed by atoms with Gasteiger partial charge < -0.3 is 4.42 Å². The van der Waals surface area contributed by atoms with E-state index in [4.69, 9.17) is 14.4 Å². The smallest absolute Gasteiger partial charge is 0.160 e. The second-order valence-electron chi connectivity index (χ2n) is 15.7. The standard InChI is InChI=1S/C58H36N2O/c1-2-13-42(14-3-1)58-59-53(39-24-26-40(27-25-39)56-35-44-16-6-11-21-55(44)61-56)36-54(60-58)50-33-32-46(48-19-9-10-20-49(48)50)38-22-28-41(29-23-38)57-47-18-8-5-15-43(47)34-52-45-17-7-4-12-37(45)30-31-51(52)57/h1-36H. The zero-order chi connectivity index (χ0) is 40.3. The first-order chi connectivity index (χ1) is 30.2. The van der Waals surface area contributed by atoms with E-state index in [0.29, 0.717) is 5.82 Å². The summed E-state index contributed by atoms with van der Waals surface area (Å²) in [5.41, 5.74) is 11.5. The predicted octanol–water partition coefficient (Wildman–Crippen LogP) is 15.8. The van der Waals surface area contributed by atoms with Gasteiger partial charge in [0.1, 0.15) is 11.3 Å². The largest absolute Gasteiger partial charge is 0.456 e. The SMILES string of the molecule is c1ccc(-c2nc(-c3ccc(-c4cc5ccccc5o4)cc3)cc(-c3ccc(-c4ccc(-c5c6ccccc6cc6c5ccc5ccccc56)cc4)c4ccccc34)n2)cc1. The third-order valence-corrected chi connectivity index (χ3v) is 12.1. The second-order valence-corrected chi connectivity index (χ2v) is 15.7. The van der Waals surface area contributed by atoms with Crippen LogP contribution in [-0.2, 0) is 0 Å². The number of furan rings is 1. The molecule has 0 N–H and O–H groups in total. The van der Waals surface area contributed by atoms with Crippen molar-refractivity contribution in [2.75, 3.05) is 0 Å². The molecule has 0 spiro atoms. The van der Waals surface area contributed by atoms with Crippen LogP contribution in [0.25, 0.3) is 122 Å². The molecule has 0 saturated carbocycles. The Morgan fingerprint density at radius 1 is 0.295 bits per heavy atom. The van der Waals surface area contributed by atoms with Gasteiger partial charge >= 0.3 is 0 Å². The predicted molar refractivity (Wildman–Crippen MR) is 254 cm³/mol. The van der Waals surface area contributed by atoms with Crippen LogP contribution >= 0.6 is 0 Å². The number of benzene rings is 10. The minimum absolute atomic E-state index is 0.687. The van der Waals surface area contributed by atoms with E-state index >= 15 is 0 Å². The van der Waals surface area contributed by atoms with Crippen LogP contribution in [0.1, 0.15) is 0 Å². The molecule has 10 aromatic carbocycles. The Hall–Kier alpha value is -8.14. The number of nitrogens with zero attached hydrogens (tertiary/aromatic N) is 2. The van der Waals surface area contributed by atoms with Crippen molar-refractivity contribution in [2.45, 2.75) is 0 Å². The Kier molecular flexibility index (Phi) is 8.17. The van der Waals surface area contributed by atoms with E-state index in [1.807, 2.05) is 36.4 Å². The molecule has 0 unspecified atom stereocenters. The number of hydrogen-bond acceptors (Lipinski definition) is 3. The van der Waals surface area contributed by atoms with E-state index in [1.54, 1.807) is 0 Å². The molecule has 12 aromatic rings. The molecule has 0 aliphatic carbocycles. The monoisotopic (exact) mass is 776 g/mol. The summed E-state index contributed by atoms with van der Waals surface area (Å²) in [4.78, 5) is 10.4. The fourth-order valence-corrected chi connectivity index (χ4v) is 9.10. The van der Waals surface area contributed by atoms with Crippen LogP contribution in [0, 0.1) is 0 Å². The molecule has 0 bridgehead atoms. The second kappa shape index (κ2) is 14.3. The minimum Gasteiger partial charge on any atom is -0.456 e. The summed E-state index contributed by atoms with van der Waals surface area (Å²) < 4.78 is 6.18. The van der Waals surface area contributed by atoms with Gasteiger partial charge in [-0.05, 0) is 89.6 Å². The van der Waals surface area contributed by atoms with Crippen molar-refractivity contribution < 1.29 is 4.42 Å². The average molecular weight is 777 g/mol. The molecular formula is C58H36N2O. The van der Waals surface area contributed by atoms with E-state index in [2.05, 4.69) is 182 Å². The zero-order valence-corrected chi connectivity index (χ0v) is 33.1. The lowest BCUT2D eigenvalue weighted by Crippen LogP contribution is -1.96. The van der Waals surface area contributed by atoms with E-state index < -0.39 is 0 Å². The van der Waals surface area contributed by atoms with Crippen LogP contribution in [0.4, 0.5) is 0 Å². The van der Waals surface area contributed by atoms with E-state index in [1.165, 1.54) is 60.0 Å². The molecule has 2 aromatic heterocycles. The molecule has 2 heterocycles. The molecule has 0 radical (unpaired) electrons. The molecule has 0 amide bonds. The van der Waals surface area contributed by atoms with Crippen molar-refractivity contribution in [3.05, 3.63) is 218 Å². The van der Waals surface area contributed by atoms with Gasteiger partial charge in [-0.2, -0.15) is 0 Å². The number of rotatable bonds is 6. The third-order valence-electron chi connectivity index (χ3n) is 12.1. The van der Waals surface area contributed by atoms with E-state index in [0.717, 1.165) is 55.8 Å². The molecule has 61 heavy (non-hydrogen) atoms. The Labute approximate surface area is 352 Å². The van der Waals surface area contributed by atoms with Crippen molar-refractivity contribution in [1.29, 1.82) is 0 Å². The molecule has 0 aliphatic heterocycles. The van der Waals surface area contributed by atoms with Crippen LogP contribution in [0.15, 0.2) is 223 Å². The fraction of sp³-hybridized carbons (Fsp3) is 0. The lowest BCUT2D eigenvalue weighted by Gasteiger charge is -2.16. The highest BCUT2D eigenvalue weighted by Crippen LogP contribution is 2.42. The van der Waals surface area contributed by atoms with Crippen LogP contribution in [0.5, 0.6) is 0 Å². The fourth-order valence-electron chi connectivity index (χ4n) is 9.10. The molecule has 284 valence electrons. The first-order valence-electron chi connectivity index (χ1n) is 20.7. The van der Waals surface area contributed by atoms with E-state index in [-0.39, 0.29) is 0 Å². The Bertz CT molecular complexity index is 3590. The summed E-state index contributed by atoms with van der Waals surface area (Å²) in [7, 11) is 0. The molecule has 3 nitrogen and oxygen atoms in total. The van der Waals surface area contributed by atoms with Gasteiger partial charge in [-0.15, -0.1) is 0 Å². The molecule has 0 saturated heterocycles. The Morgan fingerprint density at radius 2 is 0.885 bits per heavy atom. The number of para-hydroxylation sites is 1. The topological polar surface area (TPSA) is 38.9 Å². The maximum atomic E-state index is 6.18. The summed E-state index contributed by atoms with van der Waals surface area (Å²) in [6, 6.07) is 77.6. The maximum absolute atomic E-state index is 6.18. The highest BCUT2D eigenvalue weighted by atomic mass is 16.3. The van der Waals surface area contributed by atoms with Gasteiger partial charge in [0.2, 0.25) is 0 Å². The van der Waals surface area contributed by atoms with Crippen LogP contribution in [0.3, 0.4) is 0 Å².